The number of piperidine rings is 1. The van der Waals surface area contributed by atoms with Crippen molar-refractivity contribution in [2.75, 3.05) is 19.6 Å². The maximum Gasteiger partial charge on any atom is 0.103 e. The lowest BCUT2D eigenvalue weighted by Crippen LogP contribution is -2.45. The average molecular weight is 446 g/mol. The van der Waals surface area contributed by atoms with Crippen LogP contribution in [-0.4, -0.2) is 62.4 Å². The van der Waals surface area contributed by atoms with E-state index in [-0.39, 0.29) is 5.92 Å². The Bertz CT molecular complexity index is 1160. The van der Waals surface area contributed by atoms with Gasteiger partial charge in [-0.15, -0.1) is 0 Å². The molecule has 0 amide bonds. The van der Waals surface area contributed by atoms with E-state index in [1.165, 1.54) is 0 Å². The van der Waals surface area contributed by atoms with Gasteiger partial charge in [-0.05, 0) is 50.5 Å². The lowest BCUT2D eigenvalue weighted by Gasteiger charge is -2.38. The second-order valence-corrected chi connectivity index (χ2v) is 9.79. The number of nitrogens with zero attached hydrogens (tertiary/aromatic N) is 7. The summed E-state index contributed by atoms with van der Waals surface area (Å²) >= 11 is 1.57. The molecule has 2 aliphatic heterocycles. The molecule has 7 nitrogen and oxygen atoms in total. The molecule has 1 atom stereocenters. The predicted octanol–water partition coefficient (Wildman–Crippen LogP) is 4.01. The number of rotatable bonds is 5. The third-order valence-electron chi connectivity index (χ3n) is 6.43. The van der Waals surface area contributed by atoms with Crippen LogP contribution in [-0.2, 0) is 0 Å². The number of nitriles is 1. The van der Waals surface area contributed by atoms with Crippen LogP contribution in [0.1, 0.15) is 43.7 Å². The van der Waals surface area contributed by atoms with Crippen LogP contribution in [0.15, 0.2) is 57.9 Å². The highest BCUT2D eigenvalue weighted by Crippen LogP contribution is 2.35. The fourth-order valence-electron chi connectivity index (χ4n) is 4.58. The Morgan fingerprint density at radius 3 is 2.78 bits per heavy atom. The number of fused-ring (bicyclic) bond motifs is 1. The van der Waals surface area contributed by atoms with Gasteiger partial charge in [0.2, 0.25) is 0 Å². The Kier molecular flexibility index (Phi) is 5.85. The Morgan fingerprint density at radius 1 is 1.22 bits per heavy atom. The standard InChI is InChI=1S/C24H27N7S/c1-17(2)29-9-6-21(7-10-29)30-16-20(14-27-30)18-11-22(32-23-5-3-4-8-26-23)24-19(12-25)13-28-31(24)15-18/h3-5,8,11,13-15,17,20-21H,6-7,9-10,16H2,1-2H3. The van der Waals surface area contributed by atoms with Crippen molar-refractivity contribution in [3.63, 3.8) is 0 Å². The summed E-state index contributed by atoms with van der Waals surface area (Å²) in [4.78, 5) is 7.99. The van der Waals surface area contributed by atoms with E-state index < -0.39 is 0 Å². The van der Waals surface area contributed by atoms with E-state index in [0.29, 0.717) is 17.6 Å². The molecule has 32 heavy (non-hydrogen) atoms. The molecule has 164 valence electrons. The number of likely N-dealkylation sites (tertiary alicyclic amines) is 1. The first-order valence-corrected chi connectivity index (χ1v) is 12.0. The monoisotopic (exact) mass is 445 g/mol. The van der Waals surface area contributed by atoms with Crippen LogP contribution in [0.3, 0.4) is 0 Å². The van der Waals surface area contributed by atoms with Gasteiger partial charge < -0.3 is 4.90 Å². The van der Waals surface area contributed by atoms with E-state index in [2.05, 4.69) is 52.2 Å². The Labute approximate surface area is 192 Å². The van der Waals surface area contributed by atoms with Crippen molar-refractivity contribution in [1.29, 1.82) is 5.26 Å². The second kappa shape index (κ2) is 8.93. The number of hydrazone groups is 1. The second-order valence-electron chi connectivity index (χ2n) is 8.72. The van der Waals surface area contributed by atoms with Crippen molar-refractivity contribution < 1.29 is 0 Å². The van der Waals surface area contributed by atoms with Crippen LogP contribution in [0.25, 0.3) is 5.52 Å². The fraction of sp³-hybridized carbons (Fsp3) is 0.417. The van der Waals surface area contributed by atoms with Crippen molar-refractivity contribution in [3.8, 4) is 6.07 Å². The van der Waals surface area contributed by atoms with Crippen LogP contribution < -0.4 is 0 Å². The molecule has 0 bridgehead atoms. The minimum atomic E-state index is 0.209. The van der Waals surface area contributed by atoms with E-state index in [1.807, 2.05) is 28.9 Å². The molecular weight excluding hydrogens is 418 g/mol. The van der Waals surface area contributed by atoms with Gasteiger partial charge >= 0.3 is 0 Å². The first-order chi connectivity index (χ1) is 15.6. The average Bonchev–Trinajstić information content (AvgIpc) is 3.47. The van der Waals surface area contributed by atoms with E-state index in [4.69, 9.17) is 5.10 Å². The molecule has 0 aromatic carbocycles. The summed E-state index contributed by atoms with van der Waals surface area (Å²) in [7, 11) is 0. The van der Waals surface area contributed by atoms with Crippen LogP contribution in [0.2, 0.25) is 0 Å². The van der Waals surface area contributed by atoms with Crippen molar-refractivity contribution in [1.82, 2.24) is 24.5 Å². The van der Waals surface area contributed by atoms with Crippen LogP contribution >= 0.6 is 11.8 Å². The van der Waals surface area contributed by atoms with Gasteiger partial charge in [0.15, 0.2) is 0 Å². The quantitative estimate of drug-likeness (QED) is 0.591. The van der Waals surface area contributed by atoms with Crippen LogP contribution in [0, 0.1) is 11.3 Å². The Balaban J connectivity index is 1.38. The normalized spacial score (nSPS) is 19.8. The van der Waals surface area contributed by atoms with E-state index in [0.717, 1.165) is 53.5 Å². The molecule has 3 aromatic rings. The molecule has 3 aromatic heterocycles. The van der Waals surface area contributed by atoms with Crippen molar-refractivity contribution in [2.24, 2.45) is 5.10 Å². The zero-order chi connectivity index (χ0) is 22.1. The molecular formula is C24H27N7S. The summed E-state index contributed by atoms with van der Waals surface area (Å²) in [5.41, 5.74) is 2.57. The largest absolute Gasteiger partial charge is 0.301 e. The van der Waals surface area contributed by atoms with E-state index >= 15 is 0 Å². The SMILES string of the molecule is CC(C)N1CCC(N2CC(c3cc(Sc4ccccn4)c4c(C#N)cnn4c3)C=N2)CC1. The zero-order valence-corrected chi connectivity index (χ0v) is 19.2. The molecule has 2 aliphatic rings. The smallest absolute Gasteiger partial charge is 0.103 e. The van der Waals surface area contributed by atoms with Crippen LogP contribution in [0.4, 0.5) is 0 Å². The third kappa shape index (κ3) is 4.10. The Hall–Kier alpha value is -2.89. The molecule has 0 aliphatic carbocycles. The van der Waals surface area contributed by atoms with Gasteiger partial charge in [-0.25, -0.2) is 9.50 Å². The summed E-state index contributed by atoms with van der Waals surface area (Å²) < 4.78 is 1.83. The van der Waals surface area contributed by atoms with E-state index in [1.54, 1.807) is 24.2 Å². The summed E-state index contributed by atoms with van der Waals surface area (Å²) in [6.07, 6.45) is 9.86. The number of hydrogen-bond donors (Lipinski definition) is 0. The lowest BCUT2D eigenvalue weighted by atomic mass is 10.00. The maximum absolute atomic E-state index is 9.57. The number of hydrogen-bond acceptors (Lipinski definition) is 7. The van der Waals surface area contributed by atoms with Gasteiger partial charge in [-0.2, -0.15) is 15.5 Å². The first-order valence-electron chi connectivity index (χ1n) is 11.2. The molecule has 1 unspecified atom stereocenters. The molecule has 0 N–H and O–H groups in total. The lowest BCUT2D eigenvalue weighted by molar-refractivity contribution is 0.0997. The van der Waals surface area contributed by atoms with Gasteiger partial charge in [0.05, 0.1) is 17.3 Å². The third-order valence-corrected chi connectivity index (χ3v) is 7.41. The van der Waals surface area contributed by atoms with Gasteiger partial charge in [0.1, 0.15) is 11.1 Å². The summed E-state index contributed by atoms with van der Waals surface area (Å²) in [5.74, 6) is 0.209. The van der Waals surface area contributed by atoms with Gasteiger partial charge in [-0.3, -0.25) is 5.01 Å². The fourth-order valence-corrected chi connectivity index (χ4v) is 5.56. The maximum atomic E-state index is 9.57. The highest BCUT2D eigenvalue weighted by atomic mass is 32.2. The topological polar surface area (TPSA) is 72.8 Å². The predicted molar refractivity (Wildman–Crippen MR) is 126 cm³/mol. The Morgan fingerprint density at radius 2 is 2.06 bits per heavy atom. The van der Waals surface area contributed by atoms with Crippen molar-refractivity contribution >= 4 is 23.5 Å². The first kappa shape index (κ1) is 21.0. The molecule has 0 spiro atoms. The minimum Gasteiger partial charge on any atom is -0.301 e. The number of aromatic nitrogens is 3. The minimum absolute atomic E-state index is 0.209. The highest BCUT2D eigenvalue weighted by molar-refractivity contribution is 7.99. The molecule has 0 saturated carbocycles. The summed E-state index contributed by atoms with van der Waals surface area (Å²) in [6, 6.07) is 11.4. The van der Waals surface area contributed by atoms with Crippen LogP contribution in [0.5, 0.6) is 0 Å². The molecule has 5 rings (SSSR count). The van der Waals surface area contributed by atoms with Gasteiger partial charge in [0, 0.05) is 61.1 Å². The molecule has 5 heterocycles. The van der Waals surface area contributed by atoms with E-state index in [9.17, 15) is 5.26 Å². The molecule has 0 radical (unpaired) electrons. The highest BCUT2D eigenvalue weighted by Gasteiger charge is 2.30. The molecule has 8 heteroatoms. The summed E-state index contributed by atoms with van der Waals surface area (Å²) in [6.45, 7) is 7.71. The molecule has 1 fully saturated rings. The van der Waals surface area contributed by atoms with Crippen molar-refractivity contribution in [2.45, 2.75) is 54.6 Å². The van der Waals surface area contributed by atoms with Crippen molar-refractivity contribution in [3.05, 3.63) is 54.0 Å². The van der Waals surface area contributed by atoms with Gasteiger partial charge in [0.25, 0.3) is 0 Å². The summed E-state index contributed by atoms with van der Waals surface area (Å²) in [5, 5.41) is 22.0. The number of pyridine rings is 2. The zero-order valence-electron chi connectivity index (χ0n) is 18.4. The van der Waals surface area contributed by atoms with Gasteiger partial charge in [-0.1, -0.05) is 17.8 Å². The molecule has 1 saturated heterocycles.